The lowest BCUT2D eigenvalue weighted by Gasteiger charge is -2.10. The summed E-state index contributed by atoms with van der Waals surface area (Å²) in [6.07, 6.45) is 3.79. The summed E-state index contributed by atoms with van der Waals surface area (Å²) < 4.78 is 22.2. The van der Waals surface area contributed by atoms with Crippen LogP contribution in [0, 0.1) is 0 Å². The Morgan fingerprint density at radius 2 is 2.07 bits per heavy atom. The maximum Gasteiger partial charge on any atom is 0.206 e. The minimum atomic E-state index is -0.289. The third kappa shape index (κ3) is 3.59. The highest BCUT2D eigenvalue weighted by Gasteiger charge is 2.22. The van der Waals surface area contributed by atoms with Gasteiger partial charge in [0.15, 0.2) is 27.5 Å². The standard InChI is InChI=1S/C18H19N3O5S/c1-4-6-19-18(27)21-20-9-10-8-12(22)13-14(23-2)11-5-7-25-15(11)17(24-3)16(13)26-10/h5,7-9H,4,6H2,1-3H3,(H2,19,21,27)/b20-9+. The fourth-order valence-corrected chi connectivity index (χ4v) is 2.84. The van der Waals surface area contributed by atoms with Crippen molar-refractivity contribution in [3.05, 3.63) is 34.4 Å². The monoisotopic (exact) mass is 389 g/mol. The normalized spacial score (nSPS) is 11.2. The van der Waals surface area contributed by atoms with Crippen molar-refractivity contribution in [1.82, 2.24) is 10.7 Å². The molecule has 0 atom stereocenters. The van der Waals surface area contributed by atoms with Gasteiger partial charge in [0.1, 0.15) is 11.1 Å². The molecule has 1 aromatic carbocycles. The molecule has 3 rings (SSSR count). The van der Waals surface area contributed by atoms with Crippen LogP contribution in [0.5, 0.6) is 11.5 Å². The molecule has 0 saturated carbocycles. The molecule has 0 radical (unpaired) electrons. The minimum Gasteiger partial charge on any atom is -0.495 e. The average molecular weight is 389 g/mol. The van der Waals surface area contributed by atoms with Crippen LogP contribution < -0.4 is 25.6 Å². The second-order valence-electron chi connectivity index (χ2n) is 5.57. The molecule has 0 spiro atoms. The third-order valence-electron chi connectivity index (χ3n) is 3.82. The molecule has 9 heteroatoms. The highest BCUT2D eigenvalue weighted by Crippen LogP contribution is 2.41. The average Bonchev–Trinajstić information content (AvgIpc) is 3.13. The van der Waals surface area contributed by atoms with E-state index < -0.39 is 0 Å². The number of methoxy groups -OCH3 is 2. The van der Waals surface area contributed by atoms with Gasteiger partial charge in [-0.2, -0.15) is 5.10 Å². The van der Waals surface area contributed by atoms with Gasteiger partial charge >= 0.3 is 0 Å². The fraction of sp³-hybridized carbons (Fsp3) is 0.278. The Balaban J connectivity index is 2.07. The molecule has 0 fully saturated rings. The number of ether oxygens (including phenoxy) is 2. The Kier molecular flexibility index (Phi) is 5.60. The Labute approximate surface area is 160 Å². The number of benzene rings is 1. The summed E-state index contributed by atoms with van der Waals surface area (Å²) in [6, 6.07) is 3.03. The van der Waals surface area contributed by atoms with Gasteiger partial charge in [0.25, 0.3) is 0 Å². The number of furan rings is 1. The van der Waals surface area contributed by atoms with Crippen LogP contribution >= 0.6 is 12.2 Å². The highest BCUT2D eigenvalue weighted by molar-refractivity contribution is 7.80. The lowest BCUT2D eigenvalue weighted by molar-refractivity contribution is 0.400. The van der Waals surface area contributed by atoms with Gasteiger partial charge in [-0.15, -0.1) is 0 Å². The molecule has 27 heavy (non-hydrogen) atoms. The first kappa shape index (κ1) is 18.7. The number of rotatable bonds is 6. The lowest BCUT2D eigenvalue weighted by atomic mass is 10.1. The SMILES string of the molecule is CCCNC(=S)N/N=C/c1cc(=O)c2c(OC)c3ccoc3c(OC)c2o1. The van der Waals surface area contributed by atoms with E-state index in [1.165, 1.54) is 32.8 Å². The van der Waals surface area contributed by atoms with Gasteiger partial charge in [0.2, 0.25) is 5.75 Å². The van der Waals surface area contributed by atoms with Crippen LogP contribution in [0.3, 0.4) is 0 Å². The minimum absolute atomic E-state index is 0.220. The zero-order chi connectivity index (χ0) is 19.4. The highest BCUT2D eigenvalue weighted by atomic mass is 32.1. The Morgan fingerprint density at radius 3 is 2.78 bits per heavy atom. The molecule has 2 aromatic heterocycles. The van der Waals surface area contributed by atoms with Crippen LogP contribution in [-0.4, -0.2) is 32.1 Å². The van der Waals surface area contributed by atoms with E-state index in [0.29, 0.717) is 27.6 Å². The molecule has 8 nitrogen and oxygen atoms in total. The van der Waals surface area contributed by atoms with Crippen LogP contribution in [0.1, 0.15) is 19.1 Å². The first-order chi connectivity index (χ1) is 13.1. The summed E-state index contributed by atoms with van der Waals surface area (Å²) in [4.78, 5) is 12.7. The van der Waals surface area contributed by atoms with E-state index in [2.05, 4.69) is 15.8 Å². The second kappa shape index (κ2) is 8.09. The molecule has 0 aliphatic carbocycles. The Morgan fingerprint density at radius 1 is 1.30 bits per heavy atom. The van der Waals surface area contributed by atoms with Crippen molar-refractivity contribution < 1.29 is 18.3 Å². The molecule has 142 valence electrons. The lowest BCUT2D eigenvalue weighted by Crippen LogP contribution is -2.32. The molecular weight excluding hydrogens is 370 g/mol. The molecule has 0 aliphatic rings. The maximum absolute atomic E-state index is 12.7. The van der Waals surface area contributed by atoms with Crippen molar-refractivity contribution in [3.8, 4) is 11.5 Å². The van der Waals surface area contributed by atoms with Gasteiger partial charge in [-0.1, -0.05) is 6.92 Å². The Bertz CT molecular complexity index is 1070. The van der Waals surface area contributed by atoms with E-state index in [9.17, 15) is 4.79 Å². The summed E-state index contributed by atoms with van der Waals surface area (Å²) in [5.41, 5.74) is 3.03. The summed E-state index contributed by atoms with van der Waals surface area (Å²) in [5.74, 6) is 0.908. The van der Waals surface area contributed by atoms with Gasteiger partial charge in [-0.3, -0.25) is 10.2 Å². The smallest absolute Gasteiger partial charge is 0.206 e. The summed E-state index contributed by atoms with van der Waals surface area (Å²) in [7, 11) is 2.96. The predicted molar refractivity (Wildman–Crippen MR) is 107 cm³/mol. The van der Waals surface area contributed by atoms with E-state index in [1.807, 2.05) is 6.92 Å². The molecular formula is C18H19N3O5S. The van der Waals surface area contributed by atoms with E-state index in [1.54, 1.807) is 6.07 Å². The van der Waals surface area contributed by atoms with Crippen LogP contribution in [0.2, 0.25) is 0 Å². The van der Waals surface area contributed by atoms with Crippen molar-refractivity contribution in [3.63, 3.8) is 0 Å². The number of hydrazone groups is 1. The topological polar surface area (TPSA) is 98.2 Å². The second-order valence-corrected chi connectivity index (χ2v) is 5.98. The summed E-state index contributed by atoms with van der Waals surface area (Å²) in [5, 5.41) is 8.24. The van der Waals surface area contributed by atoms with Gasteiger partial charge in [-0.05, 0) is 24.7 Å². The van der Waals surface area contributed by atoms with Crippen LogP contribution in [0.4, 0.5) is 0 Å². The van der Waals surface area contributed by atoms with Crippen molar-refractivity contribution >= 4 is 45.5 Å². The molecule has 0 amide bonds. The molecule has 2 N–H and O–H groups in total. The van der Waals surface area contributed by atoms with Gasteiger partial charge in [0.05, 0.1) is 32.1 Å². The van der Waals surface area contributed by atoms with Gasteiger partial charge in [0, 0.05) is 12.6 Å². The number of nitrogens with one attached hydrogen (secondary N) is 2. The van der Waals surface area contributed by atoms with E-state index in [0.717, 1.165) is 13.0 Å². The van der Waals surface area contributed by atoms with Crippen LogP contribution in [-0.2, 0) is 0 Å². The number of hydrogen-bond donors (Lipinski definition) is 2. The molecule has 0 saturated heterocycles. The third-order valence-corrected chi connectivity index (χ3v) is 4.05. The van der Waals surface area contributed by atoms with Crippen molar-refractivity contribution in [2.45, 2.75) is 13.3 Å². The number of hydrogen-bond acceptors (Lipinski definition) is 7. The Hall–Kier alpha value is -3.07. The molecule has 2 heterocycles. The number of nitrogens with zero attached hydrogens (tertiary/aromatic N) is 1. The fourth-order valence-electron chi connectivity index (χ4n) is 2.68. The molecule has 3 aromatic rings. The summed E-state index contributed by atoms with van der Waals surface area (Å²) in [6.45, 7) is 2.77. The maximum atomic E-state index is 12.7. The van der Waals surface area contributed by atoms with Gasteiger partial charge in [-0.25, -0.2) is 0 Å². The van der Waals surface area contributed by atoms with E-state index in [4.69, 9.17) is 30.5 Å². The zero-order valence-corrected chi connectivity index (χ0v) is 15.9. The van der Waals surface area contributed by atoms with Crippen molar-refractivity contribution in [1.29, 1.82) is 0 Å². The first-order valence-electron chi connectivity index (χ1n) is 8.26. The molecule has 0 unspecified atom stereocenters. The van der Waals surface area contributed by atoms with Crippen LogP contribution in [0.15, 0.2) is 37.1 Å². The number of thiocarbonyl (C=S) groups is 1. The van der Waals surface area contributed by atoms with Crippen molar-refractivity contribution in [2.75, 3.05) is 20.8 Å². The predicted octanol–water partition coefficient (Wildman–Crippen LogP) is 2.76. The van der Waals surface area contributed by atoms with Gasteiger partial charge < -0.3 is 23.6 Å². The van der Waals surface area contributed by atoms with Crippen LogP contribution in [0.25, 0.3) is 21.9 Å². The molecule has 0 aliphatic heterocycles. The zero-order valence-electron chi connectivity index (χ0n) is 15.1. The first-order valence-corrected chi connectivity index (χ1v) is 8.67. The van der Waals surface area contributed by atoms with Crippen molar-refractivity contribution in [2.24, 2.45) is 5.10 Å². The van der Waals surface area contributed by atoms with E-state index >= 15 is 0 Å². The van der Waals surface area contributed by atoms with E-state index in [-0.39, 0.29) is 22.2 Å². The number of fused-ring (bicyclic) bond motifs is 2. The largest absolute Gasteiger partial charge is 0.495 e. The molecule has 0 bridgehead atoms. The quantitative estimate of drug-likeness (QED) is 0.377. The summed E-state index contributed by atoms with van der Waals surface area (Å²) >= 11 is 5.08.